The Hall–Kier alpha value is -2.06. The molecule has 0 amide bonds. The van der Waals surface area contributed by atoms with E-state index in [-0.39, 0.29) is 22.3 Å². The highest BCUT2D eigenvalue weighted by atomic mass is 32.1. The number of thiophene rings is 2. The first-order valence-corrected chi connectivity index (χ1v) is 7.11. The average Bonchev–Trinajstić information content (AvgIpc) is 3.04. The van der Waals surface area contributed by atoms with Crippen molar-refractivity contribution in [1.29, 1.82) is 0 Å². The first-order valence-electron chi connectivity index (χ1n) is 5.48. The summed E-state index contributed by atoms with van der Waals surface area (Å²) in [5.41, 5.74) is 0. The number of nitrogens with zero attached hydrogens (tertiary/aromatic N) is 1. The zero-order chi connectivity index (χ0) is 14.7. The van der Waals surface area contributed by atoms with Crippen molar-refractivity contribution in [3.63, 3.8) is 0 Å². The number of carbonyl (C=O) groups excluding carboxylic acids is 2. The third-order valence-electron chi connectivity index (χ3n) is 2.32. The summed E-state index contributed by atoms with van der Waals surface area (Å²) in [4.78, 5) is 34.9. The van der Waals surface area contributed by atoms with E-state index in [1.807, 2.05) is 13.0 Å². The average molecular weight is 311 g/mol. The number of carbonyl (C=O) groups is 2. The second-order valence-corrected chi connectivity index (χ2v) is 6.15. The Balaban J connectivity index is 1.94. The number of ketones is 1. The molecule has 0 aliphatic heterocycles. The number of aryl methyl sites for hydroxylation is 1. The number of esters is 1. The van der Waals surface area contributed by atoms with Crippen molar-refractivity contribution in [3.05, 3.63) is 49.0 Å². The van der Waals surface area contributed by atoms with Gasteiger partial charge in [-0.3, -0.25) is 14.9 Å². The molecule has 2 rings (SSSR count). The van der Waals surface area contributed by atoms with Gasteiger partial charge in [0.1, 0.15) is 4.88 Å². The highest BCUT2D eigenvalue weighted by Gasteiger charge is 2.18. The van der Waals surface area contributed by atoms with Crippen LogP contribution in [0.15, 0.2) is 24.3 Å². The number of hydrogen-bond donors (Lipinski definition) is 0. The smallest absolute Gasteiger partial charge is 0.349 e. The van der Waals surface area contributed by atoms with Gasteiger partial charge in [-0.05, 0) is 25.1 Å². The Morgan fingerprint density at radius 1 is 1.20 bits per heavy atom. The van der Waals surface area contributed by atoms with Crippen LogP contribution in [0.4, 0.5) is 5.00 Å². The molecule has 0 unspecified atom stereocenters. The second kappa shape index (κ2) is 5.93. The first kappa shape index (κ1) is 14.4. The third kappa shape index (κ3) is 3.28. The Labute approximate surface area is 121 Å². The van der Waals surface area contributed by atoms with Gasteiger partial charge in [0.25, 0.3) is 0 Å². The van der Waals surface area contributed by atoms with Crippen LogP contribution in [0.1, 0.15) is 24.2 Å². The number of Topliss-reactive ketones (excluding diaryl/α,β-unsaturated/α-hetero) is 1. The predicted molar refractivity (Wildman–Crippen MR) is 74.6 cm³/mol. The standard InChI is InChI=1S/C12H9NO5S2/c1-7-2-3-9(19-7)8(14)6-18-12(15)10-4-5-11(20-10)13(16)17/h2-5H,6H2,1H3. The summed E-state index contributed by atoms with van der Waals surface area (Å²) in [5, 5.41) is 10.4. The Kier molecular flexibility index (Phi) is 4.26. The van der Waals surface area contributed by atoms with E-state index in [0.717, 1.165) is 16.2 Å². The van der Waals surface area contributed by atoms with Crippen molar-refractivity contribution in [2.75, 3.05) is 6.61 Å². The van der Waals surface area contributed by atoms with Gasteiger partial charge in [-0.1, -0.05) is 11.3 Å². The Morgan fingerprint density at radius 3 is 2.45 bits per heavy atom. The fraction of sp³-hybridized carbons (Fsp3) is 0.167. The van der Waals surface area contributed by atoms with Crippen LogP contribution >= 0.6 is 22.7 Å². The lowest BCUT2D eigenvalue weighted by Crippen LogP contribution is -2.12. The summed E-state index contributed by atoms with van der Waals surface area (Å²) < 4.78 is 4.85. The summed E-state index contributed by atoms with van der Waals surface area (Å²) in [6.45, 7) is 1.50. The lowest BCUT2D eigenvalue weighted by Gasteiger charge is -2.00. The minimum atomic E-state index is -0.732. The molecule has 0 fully saturated rings. The Bertz CT molecular complexity index is 673. The molecule has 0 saturated carbocycles. The summed E-state index contributed by atoms with van der Waals surface area (Å²) in [5.74, 6) is -1.02. The van der Waals surface area contributed by atoms with E-state index in [2.05, 4.69) is 0 Å². The molecular formula is C12H9NO5S2. The van der Waals surface area contributed by atoms with Gasteiger partial charge in [0.05, 0.1) is 9.80 Å². The molecule has 0 N–H and O–H groups in total. The molecule has 104 valence electrons. The van der Waals surface area contributed by atoms with Crippen LogP contribution in [0.5, 0.6) is 0 Å². The fourth-order valence-electron chi connectivity index (χ4n) is 1.39. The zero-order valence-electron chi connectivity index (χ0n) is 10.3. The highest BCUT2D eigenvalue weighted by molar-refractivity contribution is 7.17. The zero-order valence-corrected chi connectivity index (χ0v) is 12.0. The molecule has 0 radical (unpaired) electrons. The van der Waals surface area contributed by atoms with Gasteiger partial charge in [-0.15, -0.1) is 11.3 Å². The van der Waals surface area contributed by atoms with Crippen LogP contribution in [0.25, 0.3) is 0 Å². The van der Waals surface area contributed by atoms with E-state index in [9.17, 15) is 19.7 Å². The molecular weight excluding hydrogens is 302 g/mol. The monoisotopic (exact) mass is 311 g/mol. The first-order chi connectivity index (χ1) is 9.47. The van der Waals surface area contributed by atoms with Crippen LogP contribution in [-0.4, -0.2) is 23.3 Å². The topological polar surface area (TPSA) is 86.5 Å². The molecule has 0 aliphatic carbocycles. The summed E-state index contributed by atoms with van der Waals surface area (Å²) in [6, 6.07) is 6.02. The molecule has 0 bridgehead atoms. The van der Waals surface area contributed by atoms with Crippen LogP contribution < -0.4 is 0 Å². The molecule has 0 saturated heterocycles. The summed E-state index contributed by atoms with van der Waals surface area (Å²) >= 11 is 2.04. The summed E-state index contributed by atoms with van der Waals surface area (Å²) in [6.07, 6.45) is 0. The number of rotatable bonds is 5. The van der Waals surface area contributed by atoms with Crippen LogP contribution in [0.2, 0.25) is 0 Å². The van der Waals surface area contributed by atoms with Crippen molar-refractivity contribution in [2.24, 2.45) is 0 Å². The van der Waals surface area contributed by atoms with Gasteiger partial charge in [0.2, 0.25) is 5.78 Å². The third-order valence-corrected chi connectivity index (χ3v) is 4.38. The highest BCUT2D eigenvalue weighted by Crippen LogP contribution is 2.24. The van der Waals surface area contributed by atoms with Crippen molar-refractivity contribution in [3.8, 4) is 0 Å². The lowest BCUT2D eigenvalue weighted by atomic mass is 10.3. The second-order valence-electron chi connectivity index (χ2n) is 3.80. The van der Waals surface area contributed by atoms with Crippen molar-refractivity contribution in [1.82, 2.24) is 0 Å². The van der Waals surface area contributed by atoms with Crippen molar-refractivity contribution in [2.45, 2.75) is 6.92 Å². The van der Waals surface area contributed by atoms with E-state index >= 15 is 0 Å². The molecule has 20 heavy (non-hydrogen) atoms. The number of hydrogen-bond acceptors (Lipinski definition) is 7. The SMILES string of the molecule is Cc1ccc(C(=O)COC(=O)c2ccc([N+](=O)[O-])s2)s1. The molecule has 0 aromatic carbocycles. The predicted octanol–water partition coefficient (Wildman–Crippen LogP) is 3.07. The normalized spacial score (nSPS) is 10.2. The maximum atomic E-state index is 11.7. The van der Waals surface area contributed by atoms with E-state index in [1.165, 1.54) is 23.5 Å². The lowest BCUT2D eigenvalue weighted by molar-refractivity contribution is -0.380. The van der Waals surface area contributed by atoms with Gasteiger partial charge < -0.3 is 4.74 Å². The summed E-state index contributed by atoms with van der Waals surface area (Å²) in [7, 11) is 0. The molecule has 6 nitrogen and oxygen atoms in total. The van der Waals surface area contributed by atoms with Crippen LogP contribution in [0, 0.1) is 17.0 Å². The molecule has 8 heteroatoms. The van der Waals surface area contributed by atoms with Gasteiger partial charge in [0, 0.05) is 10.9 Å². The van der Waals surface area contributed by atoms with Gasteiger partial charge >= 0.3 is 11.0 Å². The van der Waals surface area contributed by atoms with Crippen LogP contribution in [-0.2, 0) is 4.74 Å². The quantitative estimate of drug-likeness (QED) is 0.366. The van der Waals surface area contributed by atoms with E-state index < -0.39 is 10.9 Å². The Morgan fingerprint density at radius 2 is 1.90 bits per heavy atom. The van der Waals surface area contributed by atoms with Crippen LogP contribution in [0.3, 0.4) is 0 Å². The minimum absolute atomic E-state index is 0.104. The van der Waals surface area contributed by atoms with Gasteiger partial charge in [-0.25, -0.2) is 4.79 Å². The number of nitro groups is 1. The molecule has 2 aromatic rings. The molecule has 0 aliphatic rings. The van der Waals surface area contributed by atoms with E-state index in [4.69, 9.17) is 4.74 Å². The van der Waals surface area contributed by atoms with Gasteiger partial charge in [0.15, 0.2) is 6.61 Å². The van der Waals surface area contributed by atoms with Crippen molar-refractivity contribution < 1.29 is 19.2 Å². The molecule has 2 heterocycles. The largest absolute Gasteiger partial charge is 0.453 e. The molecule has 2 aromatic heterocycles. The van der Waals surface area contributed by atoms with E-state index in [1.54, 1.807) is 6.07 Å². The maximum absolute atomic E-state index is 11.7. The fourth-order valence-corrected chi connectivity index (χ4v) is 2.90. The van der Waals surface area contributed by atoms with E-state index in [0.29, 0.717) is 4.88 Å². The molecule has 0 spiro atoms. The minimum Gasteiger partial charge on any atom is -0.453 e. The van der Waals surface area contributed by atoms with Gasteiger partial charge in [-0.2, -0.15) is 0 Å². The maximum Gasteiger partial charge on any atom is 0.349 e. The number of ether oxygens (including phenoxy) is 1. The molecule has 0 atom stereocenters. The van der Waals surface area contributed by atoms with Crippen molar-refractivity contribution >= 4 is 39.4 Å².